The number of ketones is 1. The van der Waals surface area contributed by atoms with Gasteiger partial charge in [0.15, 0.2) is 0 Å². The molecule has 1 nitrogen and oxygen atoms in total. The lowest BCUT2D eigenvalue weighted by atomic mass is 10.0. The third-order valence-corrected chi connectivity index (χ3v) is 3.91. The average molecular weight is 266 g/mol. The third-order valence-electron chi connectivity index (χ3n) is 3.91. The average Bonchev–Trinajstić information content (AvgIpc) is 2.44. The Morgan fingerprint density at radius 1 is 0.474 bits per heavy atom. The third kappa shape index (κ3) is 13.6. The maximum absolute atomic E-state index is 11.6. The van der Waals surface area contributed by atoms with E-state index >= 15 is 0 Å². The van der Waals surface area contributed by atoms with E-state index in [4.69, 9.17) is 0 Å². The van der Waals surface area contributed by atoms with E-state index in [-0.39, 0.29) is 0 Å². The van der Waals surface area contributed by atoms with Crippen LogP contribution in [0.25, 0.3) is 0 Å². The first-order chi connectivity index (χ1) is 9.39. The molecule has 112 valence electrons. The van der Waals surface area contributed by atoms with Gasteiger partial charge in [-0.1, -0.05) is 70.6 Å². The van der Waals surface area contributed by atoms with Gasteiger partial charge in [0.1, 0.15) is 5.78 Å². The number of hydrogen-bond donors (Lipinski definition) is 0. The minimum atomic E-state index is 0.511. The van der Waals surface area contributed by atoms with Crippen LogP contribution in [-0.4, -0.2) is 5.78 Å². The van der Waals surface area contributed by atoms with Gasteiger partial charge in [-0.3, -0.25) is 4.79 Å². The molecule has 0 heterocycles. The molecule has 0 aromatic carbocycles. The minimum Gasteiger partial charge on any atom is -0.300 e. The Hall–Kier alpha value is -0.590. The van der Waals surface area contributed by atoms with Gasteiger partial charge in [-0.15, -0.1) is 13.2 Å². The van der Waals surface area contributed by atoms with Crippen molar-refractivity contribution in [1.29, 1.82) is 0 Å². The summed E-state index contributed by atoms with van der Waals surface area (Å²) in [7, 11) is 0. The van der Waals surface area contributed by atoms with Crippen LogP contribution in [0.1, 0.15) is 96.3 Å². The molecular weight excluding hydrogens is 232 g/mol. The van der Waals surface area contributed by atoms with Crippen molar-refractivity contribution in [3.63, 3.8) is 0 Å². The van der Waals surface area contributed by atoms with E-state index in [2.05, 4.69) is 13.2 Å². The van der Waals surface area contributed by atoms with Gasteiger partial charge in [-0.25, -0.2) is 0 Å². The summed E-state index contributed by atoms with van der Waals surface area (Å²) in [6.07, 6.45) is 19.1. The van der Waals surface area contributed by atoms with E-state index in [0.717, 1.165) is 25.7 Å². The largest absolute Gasteiger partial charge is 0.300 e. The lowest BCUT2D eigenvalue weighted by molar-refractivity contribution is -0.119. The van der Waals surface area contributed by atoms with Gasteiger partial charge in [0.05, 0.1) is 0 Å². The Labute approximate surface area is 120 Å². The van der Waals surface area contributed by atoms with Crippen molar-refractivity contribution in [2.24, 2.45) is 0 Å². The Morgan fingerprint density at radius 3 is 0.947 bits per heavy atom. The summed E-state index contributed by atoms with van der Waals surface area (Å²) in [6.45, 7) is 6.00. The highest BCUT2D eigenvalue weighted by atomic mass is 16.1. The van der Waals surface area contributed by atoms with Gasteiger partial charge in [-0.05, 0) is 12.8 Å². The number of hydrogen-bond acceptors (Lipinski definition) is 1. The zero-order chi connectivity index (χ0) is 14.2. The molecule has 0 unspecified atom stereocenters. The van der Waals surface area contributed by atoms with E-state index in [0.29, 0.717) is 5.78 Å². The molecule has 0 atom stereocenters. The van der Waals surface area contributed by atoms with Crippen LogP contribution in [-0.2, 0) is 4.79 Å². The molecule has 1 saturated carbocycles. The van der Waals surface area contributed by atoms with E-state index in [1.54, 1.807) is 0 Å². The summed E-state index contributed by atoms with van der Waals surface area (Å²) in [6, 6.07) is 0. The number of carbonyl (C=O) groups excluding carboxylic acids is 1. The van der Waals surface area contributed by atoms with Crippen molar-refractivity contribution in [2.45, 2.75) is 96.3 Å². The molecule has 0 bridgehead atoms. The summed E-state index contributed by atoms with van der Waals surface area (Å²) in [5, 5.41) is 0. The van der Waals surface area contributed by atoms with Crippen LogP contribution in [0.3, 0.4) is 0 Å². The maximum Gasteiger partial charge on any atom is 0.132 e. The monoisotopic (exact) mass is 266 g/mol. The maximum atomic E-state index is 11.6. The van der Waals surface area contributed by atoms with Gasteiger partial charge in [0.25, 0.3) is 0 Å². The molecule has 0 aromatic heterocycles. The minimum absolute atomic E-state index is 0.511. The van der Waals surface area contributed by atoms with Crippen molar-refractivity contribution in [3.8, 4) is 0 Å². The smallest absolute Gasteiger partial charge is 0.132 e. The quantitative estimate of drug-likeness (QED) is 0.475. The van der Waals surface area contributed by atoms with Crippen molar-refractivity contribution in [3.05, 3.63) is 13.2 Å². The lowest BCUT2D eigenvalue weighted by Crippen LogP contribution is -1.97. The summed E-state index contributed by atoms with van der Waals surface area (Å²) in [5.41, 5.74) is 0. The van der Waals surface area contributed by atoms with Gasteiger partial charge in [0, 0.05) is 12.8 Å². The van der Waals surface area contributed by atoms with Gasteiger partial charge < -0.3 is 0 Å². The molecule has 0 aromatic rings. The molecule has 0 aliphatic heterocycles. The Kier molecular flexibility index (Phi) is 15.0. The van der Waals surface area contributed by atoms with Crippen LogP contribution in [0, 0.1) is 0 Å². The first kappa shape index (κ1) is 18.4. The highest BCUT2D eigenvalue weighted by Crippen LogP contribution is 2.15. The number of Topliss-reactive ketones (excluding diaryl/α,β-unsaturated/α-hetero) is 1. The standard InChI is InChI=1S/C16H30O.C2H4/c17-16-14-12-10-8-6-4-2-1-3-5-7-9-11-13-15-16;1-2/h1-15H2;1-2H2. The van der Waals surface area contributed by atoms with Gasteiger partial charge >= 0.3 is 0 Å². The SMILES string of the molecule is C=C.O=C1CCCCCCCCCCCCCCC1. The molecule has 0 amide bonds. The predicted octanol–water partition coefficient (Wildman–Crippen LogP) is 6.22. The van der Waals surface area contributed by atoms with E-state index in [1.807, 2.05) is 0 Å². The molecule has 1 aliphatic rings. The second-order valence-electron chi connectivity index (χ2n) is 5.63. The van der Waals surface area contributed by atoms with Crippen LogP contribution in [0.5, 0.6) is 0 Å². The number of carbonyl (C=O) groups is 1. The molecule has 0 radical (unpaired) electrons. The van der Waals surface area contributed by atoms with Crippen molar-refractivity contribution < 1.29 is 4.79 Å². The van der Waals surface area contributed by atoms with E-state index in [9.17, 15) is 4.79 Å². The molecule has 0 saturated heterocycles. The zero-order valence-electron chi connectivity index (χ0n) is 12.9. The van der Waals surface area contributed by atoms with Crippen LogP contribution in [0.15, 0.2) is 13.2 Å². The summed E-state index contributed by atoms with van der Waals surface area (Å²) in [5.74, 6) is 0.511. The van der Waals surface area contributed by atoms with Crippen LogP contribution >= 0.6 is 0 Å². The first-order valence-electron chi connectivity index (χ1n) is 8.41. The van der Waals surface area contributed by atoms with Crippen molar-refractivity contribution in [2.75, 3.05) is 0 Å². The van der Waals surface area contributed by atoms with Crippen LogP contribution in [0.2, 0.25) is 0 Å². The highest BCUT2D eigenvalue weighted by Gasteiger charge is 2.02. The molecule has 19 heavy (non-hydrogen) atoms. The van der Waals surface area contributed by atoms with Gasteiger partial charge in [-0.2, -0.15) is 0 Å². The number of rotatable bonds is 0. The molecular formula is C18H34O. The lowest BCUT2D eigenvalue weighted by Gasteiger charge is -2.05. The Bertz CT molecular complexity index is 180. The second kappa shape index (κ2) is 15.5. The summed E-state index contributed by atoms with van der Waals surface area (Å²) < 4.78 is 0. The van der Waals surface area contributed by atoms with E-state index < -0.39 is 0 Å². The molecule has 1 heteroatoms. The van der Waals surface area contributed by atoms with Crippen LogP contribution in [0.4, 0.5) is 0 Å². The van der Waals surface area contributed by atoms with Crippen LogP contribution < -0.4 is 0 Å². The molecule has 1 fully saturated rings. The van der Waals surface area contributed by atoms with Crippen molar-refractivity contribution in [1.82, 2.24) is 0 Å². The molecule has 0 N–H and O–H groups in total. The first-order valence-corrected chi connectivity index (χ1v) is 8.41. The fourth-order valence-electron chi connectivity index (χ4n) is 2.71. The molecule has 1 rings (SSSR count). The Morgan fingerprint density at radius 2 is 0.684 bits per heavy atom. The zero-order valence-corrected chi connectivity index (χ0v) is 12.9. The molecule has 0 spiro atoms. The van der Waals surface area contributed by atoms with Gasteiger partial charge in [0.2, 0.25) is 0 Å². The summed E-state index contributed by atoms with van der Waals surface area (Å²) >= 11 is 0. The fraction of sp³-hybridized carbons (Fsp3) is 0.833. The normalized spacial score (nSPS) is 21.2. The van der Waals surface area contributed by atoms with Crippen molar-refractivity contribution >= 4 is 5.78 Å². The molecule has 1 aliphatic carbocycles. The second-order valence-corrected chi connectivity index (χ2v) is 5.63. The summed E-state index contributed by atoms with van der Waals surface area (Å²) in [4.78, 5) is 11.6. The van der Waals surface area contributed by atoms with E-state index in [1.165, 1.54) is 70.6 Å². The fourth-order valence-corrected chi connectivity index (χ4v) is 2.71. The topological polar surface area (TPSA) is 17.1 Å². The highest BCUT2D eigenvalue weighted by molar-refractivity contribution is 5.78. The predicted molar refractivity (Wildman–Crippen MR) is 85.5 cm³/mol. The Balaban J connectivity index is 0.00000154.